The maximum absolute atomic E-state index is 13.4. The first-order chi connectivity index (χ1) is 16.8. The van der Waals surface area contributed by atoms with Gasteiger partial charge in [0, 0.05) is 5.02 Å². The Bertz CT molecular complexity index is 1350. The predicted octanol–water partition coefficient (Wildman–Crippen LogP) is 4.62. The van der Waals surface area contributed by atoms with E-state index in [9.17, 15) is 14.3 Å². The van der Waals surface area contributed by atoms with Gasteiger partial charge in [0.2, 0.25) is 5.91 Å². The molecular weight excluding hydrogens is 467 g/mol. The number of aromatic nitrogens is 3. The van der Waals surface area contributed by atoms with Crippen LogP contribution in [0, 0.1) is 5.82 Å². The average Bonchev–Trinajstić information content (AvgIpc) is 3.33. The van der Waals surface area contributed by atoms with Crippen molar-refractivity contribution in [3.63, 3.8) is 0 Å². The number of benzene rings is 3. The molecule has 0 unspecified atom stereocenters. The van der Waals surface area contributed by atoms with Gasteiger partial charge in [0.25, 0.3) is 0 Å². The topological polar surface area (TPSA) is 71.2 Å². The summed E-state index contributed by atoms with van der Waals surface area (Å²) in [4.78, 5) is 14.4. The van der Waals surface area contributed by atoms with E-state index in [-0.39, 0.29) is 31.5 Å². The molecule has 178 valence electrons. The third kappa shape index (κ3) is 4.70. The van der Waals surface area contributed by atoms with Crippen molar-refractivity contribution in [3.05, 3.63) is 107 Å². The first kappa shape index (κ1) is 23.2. The van der Waals surface area contributed by atoms with E-state index in [0.717, 1.165) is 16.7 Å². The maximum Gasteiger partial charge on any atom is 0.227 e. The molecule has 0 aliphatic carbocycles. The summed E-state index contributed by atoms with van der Waals surface area (Å²) >= 11 is 6.17. The Kier molecular flexibility index (Phi) is 6.13. The Morgan fingerprint density at radius 3 is 2.46 bits per heavy atom. The normalized spacial score (nSPS) is 15.5. The van der Waals surface area contributed by atoms with Crippen molar-refractivity contribution in [3.8, 4) is 11.1 Å². The lowest BCUT2D eigenvalue weighted by molar-refractivity contribution is -0.157. The molecule has 1 fully saturated rings. The number of carbonyl (C=O) groups excluding carboxylic acids is 1. The zero-order chi connectivity index (χ0) is 24.6. The second-order valence-electron chi connectivity index (χ2n) is 8.95. The Hall–Kier alpha value is -3.55. The van der Waals surface area contributed by atoms with E-state index >= 15 is 0 Å². The molecule has 0 radical (unpaired) electrons. The van der Waals surface area contributed by atoms with E-state index in [4.69, 9.17) is 11.6 Å². The maximum atomic E-state index is 13.4. The summed E-state index contributed by atoms with van der Waals surface area (Å²) in [5, 5.41) is 19.6. The summed E-state index contributed by atoms with van der Waals surface area (Å²) in [6, 6.07) is 21.9. The zero-order valence-corrected chi connectivity index (χ0v) is 19.9. The minimum atomic E-state index is -1.25. The fourth-order valence-corrected chi connectivity index (χ4v) is 4.64. The number of hydrogen-bond acceptors (Lipinski definition) is 4. The molecule has 1 saturated heterocycles. The summed E-state index contributed by atoms with van der Waals surface area (Å²) in [5.74, 6) is -0.466. The lowest BCUT2D eigenvalue weighted by atomic mass is 9.90. The Labute approximate surface area is 207 Å². The molecule has 0 bridgehead atoms. The van der Waals surface area contributed by atoms with Crippen molar-refractivity contribution in [2.75, 3.05) is 13.1 Å². The molecule has 1 aromatic heterocycles. The van der Waals surface area contributed by atoms with Gasteiger partial charge >= 0.3 is 0 Å². The van der Waals surface area contributed by atoms with E-state index in [1.54, 1.807) is 21.8 Å². The lowest BCUT2D eigenvalue weighted by Gasteiger charge is -2.45. The molecule has 1 atom stereocenters. The number of likely N-dealkylation sites (tertiary alicyclic amines) is 1. The first-order valence-electron chi connectivity index (χ1n) is 11.3. The van der Waals surface area contributed by atoms with Gasteiger partial charge < -0.3 is 10.0 Å². The lowest BCUT2D eigenvalue weighted by Crippen LogP contribution is -2.61. The number of hydrogen-bond donors (Lipinski definition) is 1. The van der Waals surface area contributed by atoms with Crippen molar-refractivity contribution in [2.24, 2.45) is 0 Å². The van der Waals surface area contributed by atoms with Gasteiger partial charge in [-0.15, -0.1) is 5.10 Å². The molecule has 6 nitrogen and oxygen atoms in total. The molecule has 1 amide bonds. The smallest absolute Gasteiger partial charge is 0.227 e. The van der Waals surface area contributed by atoms with Crippen LogP contribution in [0.2, 0.25) is 5.02 Å². The van der Waals surface area contributed by atoms with Crippen LogP contribution in [0.4, 0.5) is 4.39 Å². The van der Waals surface area contributed by atoms with Gasteiger partial charge in [-0.2, -0.15) is 0 Å². The van der Waals surface area contributed by atoms with Gasteiger partial charge in [0.05, 0.1) is 31.7 Å². The van der Waals surface area contributed by atoms with E-state index in [1.165, 1.54) is 12.1 Å². The van der Waals surface area contributed by atoms with E-state index in [1.807, 2.05) is 61.5 Å². The zero-order valence-electron chi connectivity index (χ0n) is 19.1. The number of β-amino-alcohol motifs (C(OH)–C–C–N with tert-alkyl or cyclic N) is 1. The molecule has 1 aliphatic rings. The molecule has 1 aliphatic heterocycles. The highest BCUT2D eigenvalue weighted by atomic mass is 35.5. The van der Waals surface area contributed by atoms with Crippen LogP contribution in [-0.4, -0.2) is 44.0 Å². The number of halogens is 2. The highest BCUT2D eigenvalue weighted by Crippen LogP contribution is 2.33. The van der Waals surface area contributed by atoms with Crippen LogP contribution in [0.15, 0.2) is 79.0 Å². The minimum Gasteiger partial charge on any atom is -0.380 e. The van der Waals surface area contributed by atoms with Gasteiger partial charge in [-0.1, -0.05) is 77.5 Å². The van der Waals surface area contributed by atoms with E-state index in [2.05, 4.69) is 10.3 Å². The molecule has 0 saturated carbocycles. The molecule has 2 heterocycles. The largest absolute Gasteiger partial charge is 0.380 e. The van der Waals surface area contributed by atoms with Gasteiger partial charge in [-0.3, -0.25) is 4.79 Å². The summed E-state index contributed by atoms with van der Waals surface area (Å²) in [6.45, 7) is 2.16. The Balaban J connectivity index is 1.20. The van der Waals surface area contributed by atoms with Crippen LogP contribution < -0.4 is 0 Å². The van der Waals surface area contributed by atoms with Crippen molar-refractivity contribution >= 4 is 17.5 Å². The van der Waals surface area contributed by atoms with E-state index in [0.29, 0.717) is 16.3 Å². The molecule has 4 aromatic rings. The highest BCUT2D eigenvalue weighted by Gasteiger charge is 2.47. The molecule has 35 heavy (non-hydrogen) atoms. The second kappa shape index (κ2) is 9.24. The number of aliphatic hydroxyl groups is 1. The van der Waals surface area contributed by atoms with Crippen LogP contribution in [0.5, 0.6) is 0 Å². The molecule has 5 rings (SSSR count). The van der Waals surface area contributed by atoms with Crippen molar-refractivity contribution in [1.29, 1.82) is 0 Å². The Morgan fingerprint density at radius 2 is 1.77 bits per heavy atom. The predicted molar refractivity (Wildman–Crippen MR) is 131 cm³/mol. The molecule has 3 aromatic carbocycles. The van der Waals surface area contributed by atoms with Gasteiger partial charge in [-0.25, -0.2) is 9.07 Å². The molecular formula is C27H24ClFN4O2. The van der Waals surface area contributed by atoms with Crippen LogP contribution >= 0.6 is 11.6 Å². The monoisotopic (exact) mass is 490 g/mol. The van der Waals surface area contributed by atoms with Crippen LogP contribution in [0.25, 0.3) is 11.1 Å². The summed E-state index contributed by atoms with van der Waals surface area (Å²) in [7, 11) is 0. The van der Waals surface area contributed by atoms with Crippen molar-refractivity contribution in [2.45, 2.75) is 25.0 Å². The average molecular weight is 491 g/mol. The fraction of sp³-hybridized carbons (Fsp3) is 0.222. The van der Waals surface area contributed by atoms with Crippen LogP contribution in [-0.2, 0) is 16.8 Å². The summed E-state index contributed by atoms with van der Waals surface area (Å²) < 4.78 is 14.9. The van der Waals surface area contributed by atoms with Gasteiger partial charge in [-0.05, 0) is 41.3 Å². The number of nitrogens with zero attached hydrogens (tertiary/aromatic N) is 4. The summed E-state index contributed by atoms with van der Waals surface area (Å²) in [6.07, 6.45) is 1.91. The van der Waals surface area contributed by atoms with Crippen molar-refractivity contribution in [1.82, 2.24) is 19.9 Å². The van der Waals surface area contributed by atoms with Gasteiger partial charge in [0.15, 0.2) is 0 Å². The second-order valence-corrected chi connectivity index (χ2v) is 9.35. The van der Waals surface area contributed by atoms with Crippen LogP contribution in [0.3, 0.4) is 0 Å². The van der Waals surface area contributed by atoms with E-state index < -0.39 is 11.4 Å². The fourth-order valence-electron chi connectivity index (χ4n) is 4.32. The quantitative estimate of drug-likeness (QED) is 0.428. The van der Waals surface area contributed by atoms with Crippen molar-refractivity contribution < 1.29 is 14.3 Å². The minimum absolute atomic E-state index is 0.0546. The highest BCUT2D eigenvalue weighted by molar-refractivity contribution is 6.31. The molecule has 0 spiro atoms. The standard InChI is InChI=1S/C27H24ClFN4O2/c1-18(23-12-11-22(29)14-24(23)28)33-15-25(30-31-33)27(35)16-32(17-27)26(34)13-19-7-9-21(10-8-19)20-5-3-2-4-6-20/h2-12,14-15,18,35H,13,16-17H2,1H3/t18-/m1/s1. The first-order valence-corrected chi connectivity index (χ1v) is 11.7. The van der Waals surface area contributed by atoms with Gasteiger partial charge in [0.1, 0.15) is 17.1 Å². The number of rotatable bonds is 6. The Morgan fingerprint density at radius 1 is 1.09 bits per heavy atom. The third-order valence-corrected chi connectivity index (χ3v) is 6.80. The number of carbonyl (C=O) groups is 1. The molecule has 1 N–H and O–H groups in total. The SMILES string of the molecule is C[C@H](c1ccc(F)cc1Cl)n1cc(C2(O)CN(C(=O)Cc3ccc(-c4ccccc4)cc3)C2)nn1. The van der Waals surface area contributed by atoms with Crippen LogP contribution in [0.1, 0.15) is 29.8 Å². The summed E-state index contributed by atoms with van der Waals surface area (Å²) in [5.41, 5.74) is 2.97. The third-order valence-electron chi connectivity index (χ3n) is 6.47. The molecule has 8 heteroatoms. The number of amides is 1.